The van der Waals surface area contributed by atoms with Gasteiger partial charge in [-0.1, -0.05) is 30.3 Å². The van der Waals surface area contributed by atoms with E-state index < -0.39 is 0 Å². The van der Waals surface area contributed by atoms with Gasteiger partial charge in [0.05, 0.1) is 5.69 Å². The summed E-state index contributed by atoms with van der Waals surface area (Å²) in [6.45, 7) is 2.38. The smallest absolute Gasteiger partial charge is 0.0543 e. The number of benzene rings is 1. The maximum atomic E-state index is 5.58. The average molecular weight is 241 g/mol. The molecule has 0 amide bonds. The van der Waals surface area contributed by atoms with Crippen molar-refractivity contribution in [1.29, 1.82) is 0 Å². The van der Waals surface area contributed by atoms with Crippen LogP contribution in [0.15, 0.2) is 48.7 Å². The van der Waals surface area contributed by atoms with E-state index in [1.807, 2.05) is 24.4 Å². The van der Waals surface area contributed by atoms with Crippen molar-refractivity contribution < 1.29 is 0 Å². The van der Waals surface area contributed by atoms with Gasteiger partial charge < -0.3 is 5.73 Å². The monoisotopic (exact) mass is 241 g/mol. The fourth-order valence-corrected chi connectivity index (χ4v) is 1.92. The molecule has 0 aliphatic carbocycles. The van der Waals surface area contributed by atoms with E-state index in [0.717, 1.165) is 18.8 Å². The predicted octanol–water partition coefficient (Wildman–Crippen LogP) is 2.17. The van der Waals surface area contributed by atoms with E-state index in [9.17, 15) is 0 Å². The molecule has 0 saturated carbocycles. The summed E-state index contributed by atoms with van der Waals surface area (Å²) in [7, 11) is 2.10. The Labute approximate surface area is 108 Å². The molecule has 0 aliphatic heterocycles. The number of nitrogens with zero attached hydrogens (tertiary/aromatic N) is 2. The Morgan fingerprint density at radius 1 is 1.00 bits per heavy atom. The van der Waals surface area contributed by atoms with E-state index >= 15 is 0 Å². The first-order valence-electron chi connectivity index (χ1n) is 6.14. The number of rotatable bonds is 5. The Kier molecular flexibility index (Phi) is 4.45. The van der Waals surface area contributed by atoms with Gasteiger partial charge in [-0.15, -0.1) is 0 Å². The minimum absolute atomic E-state index is 0.601. The molecule has 18 heavy (non-hydrogen) atoms. The van der Waals surface area contributed by atoms with Crippen LogP contribution in [0, 0.1) is 0 Å². The second-order valence-electron chi connectivity index (χ2n) is 4.51. The van der Waals surface area contributed by atoms with E-state index in [1.54, 1.807) is 0 Å². The minimum atomic E-state index is 0.601. The largest absolute Gasteiger partial charge is 0.326 e. The van der Waals surface area contributed by atoms with Crippen molar-refractivity contribution in [3.63, 3.8) is 0 Å². The fourth-order valence-electron chi connectivity index (χ4n) is 1.92. The van der Waals surface area contributed by atoms with Crippen molar-refractivity contribution in [1.82, 2.24) is 9.88 Å². The van der Waals surface area contributed by atoms with Crippen LogP contribution in [0.3, 0.4) is 0 Å². The van der Waals surface area contributed by atoms with Crippen LogP contribution < -0.4 is 5.73 Å². The summed E-state index contributed by atoms with van der Waals surface area (Å²) in [5.41, 5.74) is 9.15. The van der Waals surface area contributed by atoms with Crippen molar-refractivity contribution in [2.45, 2.75) is 19.6 Å². The molecule has 0 aliphatic rings. The van der Waals surface area contributed by atoms with Gasteiger partial charge in [0.15, 0.2) is 0 Å². The first-order valence-corrected chi connectivity index (χ1v) is 6.14. The average Bonchev–Trinajstić information content (AvgIpc) is 2.40. The molecule has 3 heteroatoms. The summed E-state index contributed by atoms with van der Waals surface area (Å²) in [4.78, 5) is 6.58. The number of hydrogen-bond donors (Lipinski definition) is 1. The van der Waals surface area contributed by atoms with Gasteiger partial charge >= 0.3 is 0 Å². The highest BCUT2D eigenvalue weighted by molar-refractivity contribution is 5.22. The van der Waals surface area contributed by atoms with Gasteiger partial charge in [0.1, 0.15) is 0 Å². The van der Waals surface area contributed by atoms with Crippen LogP contribution in [0.4, 0.5) is 0 Å². The van der Waals surface area contributed by atoms with Crippen LogP contribution >= 0.6 is 0 Å². The minimum Gasteiger partial charge on any atom is -0.326 e. The Morgan fingerprint density at radius 2 is 1.72 bits per heavy atom. The Morgan fingerprint density at radius 3 is 2.33 bits per heavy atom. The maximum absolute atomic E-state index is 5.58. The van der Waals surface area contributed by atoms with Gasteiger partial charge in [-0.3, -0.25) is 9.88 Å². The maximum Gasteiger partial charge on any atom is 0.0543 e. The second-order valence-corrected chi connectivity index (χ2v) is 4.51. The van der Waals surface area contributed by atoms with Crippen LogP contribution in [-0.2, 0) is 19.6 Å². The van der Waals surface area contributed by atoms with E-state index in [0.29, 0.717) is 6.54 Å². The van der Waals surface area contributed by atoms with Crippen LogP contribution in [0.1, 0.15) is 16.8 Å². The number of aromatic nitrogens is 1. The molecule has 0 fully saturated rings. The quantitative estimate of drug-likeness (QED) is 0.872. The first kappa shape index (κ1) is 12.7. The molecule has 1 aromatic carbocycles. The van der Waals surface area contributed by atoms with Crippen molar-refractivity contribution in [2.75, 3.05) is 7.05 Å². The predicted molar refractivity (Wildman–Crippen MR) is 73.7 cm³/mol. The summed E-state index contributed by atoms with van der Waals surface area (Å²) in [6.07, 6.45) is 1.83. The summed E-state index contributed by atoms with van der Waals surface area (Å²) < 4.78 is 0. The van der Waals surface area contributed by atoms with Crippen LogP contribution in [0.2, 0.25) is 0 Å². The molecule has 2 aromatic rings. The first-order chi connectivity index (χ1) is 8.78. The third kappa shape index (κ3) is 3.65. The molecular weight excluding hydrogens is 222 g/mol. The number of nitrogens with two attached hydrogens (primary N) is 1. The van der Waals surface area contributed by atoms with Crippen molar-refractivity contribution in [3.05, 3.63) is 65.5 Å². The molecular formula is C15H19N3. The van der Waals surface area contributed by atoms with E-state index in [-0.39, 0.29) is 0 Å². The lowest BCUT2D eigenvalue weighted by Crippen LogP contribution is -2.17. The van der Waals surface area contributed by atoms with Gasteiger partial charge in [-0.25, -0.2) is 0 Å². The van der Waals surface area contributed by atoms with Crippen LogP contribution in [0.5, 0.6) is 0 Å². The highest BCUT2D eigenvalue weighted by Crippen LogP contribution is 2.08. The zero-order chi connectivity index (χ0) is 12.8. The molecule has 94 valence electrons. The molecule has 1 heterocycles. The Balaban J connectivity index is 1.92. The zero-order valence-electron chi connectivity index (χ0n) is 10.7. The number of hydrogen-bond acceptors (Lipinski definition) is 3. The van der Waals surface area contributed by atoms with Crippen molar-refractivity contribution in [2.24, 2.45) is 5.73 Å². The normalized spacial score (nSPS) is 10.8. The topological polar surface area (TPSA) is 42.1 Å². The summed E-state index contributed by atoms with van der Waals surface area (Å²) in [6, 6.07) is 14.5. The molecule has 0 radical (unpaired) electrons. The summed E-state index contributed by atoms with van der Waals surface area (Å²) in [5, 5.41) is 0. The molecule has 0 bridgehead atoms. The Hall–Kier alpha value is -1.71. The van der Waals surface area contributed by atoms with Gasteiger partial charge in [0, 0.05) is 25.8 Å². The van der Waals surface area contributed by atoms with Gasteiger partial charge in [-0.05, 0) is 30.3 Å². The van der Waals surface area contributed by atoms with Crippen LogP contribution in [0.25, 0.3) is 0 Å². The van der Waals surface area contributed by atoms with Crippen LogP contribution in [-0.4, -0.2) is 16.9 Å². The molecule has 2 N–H and O–H groups in total. The summed E-state index contributed by atoms with van der Waals surface area (Å²) >= 11 is 0. The standard InChI is InChI=1S/C15H19N3/c1-18(12-15-4-2-3-9-17-15)11-14-7-5-13(10-16)6-8-14/h2-9H,10-12,16H2,1H3. The SMILES string of the molecule is CN(Cc1ccc(CN)cc1)Cc1ccccn1. The molecule has 2 rings (SSSR count). The molecule has 0 atom stereocenters. The zero-order valence-corrected chi connectivity index (χ0v) is 10.7. The van der Waals surface area contributed by atoms with Gasteiger partial charge in [0.2, 0.25) is 0 Å². The molecule has 0 saturated heterocycles. The molecule has 0 spiro atoms. The lowest BCUT2D eigenvalue weighted by molar-refractivity contribution is 0.315. The van der Waals surface area contributed by atoms with Gasteiger partial charge in [0.25, 0.3) is 0 Å². The highest BCUT2D eigenvalue weighted by atomic mass is 15.1. The van der Waals surface area contributed by atoms with E-state index in [4.69, 9.17) is 5.73 Å². The second kappa shape index (κ2) is 6.28. The molecule has 3 nitrogen and oxygen atoms in total. The van der Waals surface area contributed by atoms with Crippen molar-refractivity contribution in [3.8, 4) is 0 Å². The Bertz CT molecular complexity index is 465. The van der Waals surface area contributed by atoms with E-state index in [2.05, 4.69) is 41.2 Å². The van der Waals surface area contributed by atoms with Gasteiger partial charge in [-0.2, -0.15) is 0 Å². The molecule has 0 unspecified atom stereocenters. The lowest BCUT2D eigenvalue weighted by Gasteiger charge is -2.16. The van der Waals surface area contributed by atoms with E-state index in [1.165, 1.54) is 11.1 Å². The third-order valence-corrected chi connectivity index (χ3v) is 2.87. The third-order valence-electron chi connectivity index (χ3n) is 2.87. The highest BCUT2D eigenvalue weighted by Gasteiger charge is 2.02. The lowest BCUT2D eigenvalue weighted by atomic mass is 10.1. The number of pyridine rings is 1. The van der Waals surface area contributed by atoms with Crippen molar-refractivity contribution >= 4 is 0 Å². The summed E-state index contributed by atoms with van der Waals surface area (Å²) in [5.74, 6) is 0. The molecule has 1 aromatic heterocycles. The fraction of sp³-hybridized carbons (Fsp3) is 0.267.